The van der Waals surface area contributed by atoms with Crippen molar-refractivity contribution in [2.75, 3.05) is 13.7 Å². The molecule has 26 heavy (non-hydrogen) atoms. The lowest BCUT2D eigenvalue weighted by Crippen LogP contribution is -2.38. The van der Waals surface area contributed by atoms with Crippen molar-refractivity contribution >= 4 is 23.5 Å². The second-order valence-electron chi connectivity index (χ2n) is 5.97. The Labute approximate surface area is 149 Å². The van der Waals surface area contributed by atoms with Gasteiger partial charge in [0.15, 0.2) is 6.61 Å². The minimum Gasteiger partial charge on any atom is -0.496 e. The van der Waals surface area contributed by atoms with Crippen LogP contribution in [0.3, 0.4) is 0 Å². The lowest BCUT2D eigenvalue weighted by molar-refractivity contribution is -0.384. The van der Waals surface area contributed by atoms with Gasteiger partial charge >= 0.3 is 5.97 Å². The lowest BCUT2D eigenvalue weighted by atomic mass is 9.89. The molecule has 9 heteroatoms. The number of imide groups is 1. The van der Waals surface area contributed by atoms with Crippen LogP contribution in [0.1, 0.15) is 42.5 Å². The molecule has 1 saturated carbocycles. The number of ether oxygens (including phenoxy) is 2. The summed E-state index contributed by atoms with van der Waals surface area (Å²) in [6, 6.07) is 3.46. The van der Waals surface area contributed by atoms with Gasteiger partial charge in [0.25, 0.3) is 11.6 Å². The van der Waals surface area contributed by atoms with Gasteiger partial charge in [-0.25, -0.2) is 4.79 Å². The smallest absolute Gasteiger partial charge is 0.342 e. The maximum Gasteiger partial charge on any atom is 0.342 e. The third-order valence-electron chi connectivity index (χ3n) is 4.19. The van der Waals surface area contributed by atoms with E-state index in [-0.39, 0.29) is 28.8 Å². The average Bonchev–Trinajstić information content (AvgIpc) is 2.66. The fourth-order valence-electron chi connectivity index (χ4n) is 2.82. The Hall–Kier alpha value is -2.97. The monoisotopic (exact) mass is 364 g/mol. The number of nitro benzene ring substituents is 1. The van der Waals surface area contributed by atoms with Gasteiger partial charge in [0.2, 0.25) is 5.91 Å². The van der Waals surface area contributed by atoms with Gasteiger partial charge in [0, 0.05) is 18.1 Å². The van der Waals surface area contributed by atoms with E-state index in [1.165, 1.54) is 19.2 Å². The Balaban J connectivity index is 1.93. The van der Waals surface area contributed by atoms with Crippen LogP contribution in [-0.4, -0.2) is 36.4 Å². The summed E-state index contributed by atoms with van der Waals surface area (Å²) in [5.74, 6) is -2.16. The molecule has 0 unspecified atom stereocenters. The largest absolute Gasteiger partial charge is 0.496 e. The third kappa shape index (κ3) is 5.01. The highest BCUT2D eigenvalue weighted by Gasteiger charge is 2.24. The van der Waals surface area contributed by atoms with Crippen LogP contribution in [0.2, 0.25) is 0 Å². The molecular formula is C17H20N2O7. The zero-order valence-corrected chi connectivity index (χ0v) is 14.4. The number of nitrogens with one attached hydrogen (secondary N) is 1. The summed E-state index contributed by atoms with van der Waals surface area (Å²) in [4.78, 5) is 46.1. The first-order valence-electron chi connectivity index (χ1n) is 8.25. The van der Waals surface area contributed by atoms with Crippen molar-refractivity contribution in [1.82, 2.24) is 5.32 Å². The van der Waals surface area contributed by atoms with E-state index >= 15 is 0 Å². The van der Waals surface area contributed by atoms with Crippen LogP contribution < -0.4 is 10.1 Å². The number of carbonyl (C=O) groups is 3. The molecule has 0 heterocycles. The molecule has 1 N–H and O–H groups in total. The summed E-state index contributed by atoms with van der Waals surface area (Å²) in [5.41, 5.74) is -0.484. The predicted molar refractivity (Wildman–Crippen MR) is 89.7 cm³/mol. The number of non-ortho nitro benzene ring substituents is 1. The molecule has 9 nitrogen and oxygen atoms in total. The highest BCUT2D eigenvalue weighted by atomic mass is 16.6. The van der Waals surface area contributed by atoms with Gasteiger partial charge in [-0.15, -0.1) is 0 Å². The summed E-state index contributed by atoms with van der Waals surface area (Å²) in [7, 11) is 1.30. The van der Waals surface area contributed by atoms with Gasteiger partial charge in [-0.2, -0.15) is 0 Å². The molecule has 2 rings (SSSR count). The van der Waals surface area contributed by atoms with Gasteiger partial charge in [-0.3, -0.25) is 25.0 Å². The van der Waals surface area contributed by atoms with Crippen LogP contribution in [0.15, 0.2) is 18.2 Å². The number of nitro groups is 1. The van der Waals surface area contributed by atoms with E-state index in [9.17, 15) is 24.5 Å². The summed E-state index contributed by atoms with van der Waals surface area (Å²) >= 11 is 0. The molecule has 0 radical (unpaired) electrons. The zero-order chi connectivity index (χ0) is 19.1. The van der Waals surface area contributed by atoms with Gasteiger partial charge in [0.05, 0.1) is 12.0 Å². The average molecular weight is 364 g/mol. The molecule has 1 aromatic carbocycles. The molecular weight excluding hydrogens is 344 g/mol. The molecule has 0 aliphatic heterocycles. The molecule has 1 aliphatic rings. The van der Waals surface area contributed by atoms with Crippen LogP contribution >= 0.6 is 0 Å². The normalized spacial score (nSPS) is 14.3. The maximum absolute atomic E-state index is 12.1. The van der Waals surface area contributed by atoms with E-state index in [2.05, 4.69) is 5.32 Å². The van der Waals surface area contributed by atoms with Crippen molar-refractivity contribution < 1.29 is 28.8 Å². The third-order valence-corrected chi connectivity index (χ3v) is 4.19. The molecule has 2 amide bonds. The SMILES string of the molecule is COc1ccc([N+](=O)[O-])cc1C(=O)OCC(=O)NC(=O)C1CCCCC1. The maximum atomic E-state index is 12.1. The second kappa shape index (κ2) is 8.93. The van der Waals surface area contributed by atoms with E-state index in [0.717, 1.165) is 38.2 Å². The number of hydrogen-bond donors (Lipinski definition) is 1. The molecule has 0 spiro atoms. The van der Waals surface area contributed by atoms with Crippen molar-refractivity contribution in [3.8, 4) is 5.75 Å². The van der Waals surface area contributed by atoms with Crippen LogP contribution in [-0.2, 0) is 14.3 Å². The molecule has 0 atom stereocenters. The van der Waals surface area contributed by atoms with E-state index in [4.69, 9.17) is 9.47 Å². The molecule has 0 aromatic heterocycles. The zero-order valence-electron chi connectivity index (χ0n) is 14.4. The Bertz CT molecular complexity index is 711. The standard InChI is InChI=1S/C17H20N2O7/c1-25-14-8-7-12(19(23)24)9-13(14)17(22)26-10-15(20)18-16(21)11-5-3-2-4-6-11/h7-9,11H,2-6,10H2,1H3,(H,18,20,21). The second-order valence-corrected chi connectivity index (χ2v) is 5.97. The molecule has 1 aliphatic carbocycles. The quantitative estimate of drug-likeness (QED) is 0.465. The lowest BCUT2D eigenvalue weighted by Gasteiger charge is -2.20. The van der Waals surface area contributed by atoms with Gasteiger partial charge in [-0.1, -0.05) is 19.3 Å². The minimum atomic E-state index is -0.953. The van der Waals surface area contributed by atoms with Gasteiger partial charge in [-0.05, 0) is 18.9 Å². The first kappa shape index (κ1) is 19.4. The fraction of sp³-hybridized carbons (Fsp3) is 0.471. The first-order valence-corrected chi connectivity index (χ1v) is 8.25. The summed E-state index contributed by atoms with van der Waals surface area (Å²) < 4.78 is 9.82. The number of nitrogens with zero attached hydrogens (tertiary/aromatic N) is 1. The fourth-order valence-corrected chi connectivity index (χ4v) is 2.82. The predicted octanol–water partition coefficient (Wildman–Crippen LogP) is 1.98. The summed E-state index contributed by atoms with van der Waals surface area (Å²) in [6.07, 6.45) is 4.47. The van der Waals surface area contributed by atoms with Crippen LogP contribution in [0.25, 0.3) is 0 Å². The number of rotatable bonds is 6. The highest BCUT2D eigenvalue weighted by molar-refractivity contribution is 5.99. The number of methoxy groups -OCH3 is 1. The highest BCUT2D eigenvalue weighted by Crippen LogP contribution is 2.25. The Morgan fingerprint density at radius 1 is 1.23 bits per heavy atom. The van der Waals surface area contributed by atoms with Crippen molar-refractivity contribution in [3.63, 3.8) is 0 Å². The van der Waals surface area contributed by atoms with Crippen LogP contribution in [0.4, 0.5) is 5.69 Å². The number of benzene rings is 1. The topological polar surface area (TPSA) is 125 Å². The number of carbonyl (C=O) groups excluding carboxylic acids is 3. The molecule has 1 fully saturated rings. The van der Waals surface area contributed by atoms with E-state index in [1.807, 2.05) is 0 Å². The van der Waals surface area contributed by atoms with Crippen molar-refractivity contribution in [3.05, 3.63) is 33.9 Å². The minimum absolute atomic E-state index is 0.0827. The van der Waals surface area contributed by atoms with E-state index < -0.39 is 23.4 Å². The molecule has 1 aromatic rings. The molecule has 0 saturated heterocycles. The first-order chi connectivity index (χ1) is 12.4. The summed E-state index contributed by atoms with van der Waals surface area (Å²) in [5, 5.41) is 13.0. The van der Waals surface area contributed by atoms with Crippen LogP contribution in [0.5, 0.6) is 5.75 Å². The summed E-state index contributed by atoms with van der Waals surface area (Å²) in [6.45, 7) is -0.664. The number of amides is 2. The molecule has 140 valence electrons. The van der Waals surface area contributed by atoms with Gasteiger partial charge < -0.3 is 9.47 Å². The van der Waals surface area contributed by atoms with Crippen LogP contribution in [0, 0.1) is 16.0 Å². The van der Waals surface area contributed by atoms with E-state index in [1.54, 1.807) is 0 Å². The Morgan fingerprint density at radius 3 is 2.54 bits per heavy atom. The van der Waals surface area contributed by atoms with Gasteiger partial charge in [0.1, 0.15) is 11.3 Å². The Morgan fingerprint density at radius 2 is 1.92 bits per heavy atom. The number of esters is 1. The van der Waals surface area contributed by atoms with Crippen molar-refractivity contribution in [2.45, 2.75) is 32.1 Å². The van der Waals surface area contributed by atoms with Crippen molar-refractivity contribution in [2.24, 2.45) is 5.92 Å². The number of hydrogen-bond acceptors (Lipinski definition) is 7. The Kier molecular flexibility index (Phi) is 6.65. The van der Waals surface area contributed by atoms with E-state index in [0.29, 0.717) is 0 Å². The van der Waals surface area contributed by atoms with Crippen molar-refractivity contribution in [1.29, 1.82) is 0 Å². The molecule has 0 bridgehead atoms.